The van der Waals surface area contributed by atoms with Crippen LogP contribution in [0.3, 0.4) is 0 Å². The molecule has 0 fully saturated rings. The molecule has 0 radical (unpaired) electrons. The molecule has 2 aromatic rings. The number of halogens is 3. The molecule has 22 heavy (non-hydrogen) atoms. The van der Waals surface area contributed by atoms with E-state index in [4.69, 9.17) is 5.73 Å². The first kappa shape index (κ1) is 14.8. The van der Waals surface area contributed by atoms with E-state index in [-0.39, 0.29) is 6.04 Å². The average molecular weight is 311 g/mol. The van der Waals surface area contributed by atoms with Crippen LogP contribution in [0.15, 0.2) is 24.8 Å². The van der Waals surface area contributed by atoms with E-state index in [2.05, 4.69) is 15.3 Å². The molecule has 0 aliphatic heterocycles. The Morgan fingerprint density at radius 1 is 1.36 bits per heavy atom. The van der Waals surface area contributed by atoms with Crippen molar-refractivity contribution in [1.29, 1.82) is 0 Å². The number of nitrogen functional groups attached to an aromatic ring is 1. The molecule has 0 saturated carbocycles. The van der Waals surface area contributed by atoms with Crippen LogP contribution in [0.1, 0.15) is 25.0 Å². The average Bonchev–Trinajstić information content (AvgIpc) is 2.96. The fourth-order valence-corrected chi connectivity index (χ4v) is 2.69. The molecule has 8 heteroatoms. The van der Waals surface area contributed by atoms with Gasteiger partial charge in [0.2, 0.25) is 0 Å². The minimum Gasteiger partial charge on any atom is -0.382 e. The van der Waals surface area contributed by atoms with E-state index in [0.29, 0.717) is 25.1 Å². The number of hydrogen-bond acceptors (Lipinski definition) is 4. The lowest BCUT2D eigenvalue weighted by molar-refractivity contribution is -0.126. The third kappa shape index (κ3) is 3.06. The molecular formula is C14H16F3N5. The molecule has 0 saturated heterocycles. The first-order valence-electron chi connectivity index (χ1n) is 7.00. The van der Waals surface area contributed by atoms with Gasteiger partial charge in [0, 0.05) is 6.04 Å². The SMILES string of the molecule is Nc1ncc(C2=CCC(NCC(F)(F)F)CC2)n2cncc12. The fourth-order valence-electron chi connectivity index (χ4n) is 2.69. The number of allylic oxidation sites excluding steroid dienone is 1. The van der Waals surface area contributed by atoms with E-state index in [1.54, 1.807) is 18.7 Å². The van der Waals surface area contributed by atoms with E-state index in [0.717, 1.165) is 16.8 Å². The van der Waals surface area contributed by atoms with E-state index in [1.807, 2.05) is 10.5 Å². The summed E-state index contributed by atoms with van der Waals surface area (Å²) in [5.74, 6) is 0.405. The molecule has 1 aliphatic carbocycles. The van der Waals surface area contributed by atoms with Gasteiger partial charge in [-0.05, 0) is 24.8 Å². The van der Waals surface area contributed by atoms with Crippen LogP contribution in [-0.4, -0.2) is 33.1 Å². The lowest BCUT2D eigenvalue weighted by Gasteiger charge is -2.24. The Morgan fingerprint density at radius 2 is 2.18 bits per heavy atom. The Balaban J connectivity index is 1.75. The van der Waals surface area contributed by atoms with Crippen LogP contribution in [0, 0.1) is 0 Å². The maximum absolute atomic E-state index is 12.2. The lowest BCUT2D eigenvalue weighted by Crippen LogP contribution is -2.37. The van der Waals surface area contributed by atoms with Crippen molar-refractivity contribution < 1.29 is 13.2 Å². The van der Waals surface area contributed by atoms with Crippen molar-refractivity contribution in [3.8, 4) is 0 Å². The van der Waals surface area contributed by atoms with E-state index in [9.17, 15) is 13.2 Å². The Labute approximate surface area is 125 Å². The molecular weight excluding hydrogens is 295 g/mol. The summed E-state index contributed by atoms with van der Waals surface area (Å²) in [6.07, 6.45) is 4.68. The van der Waals surface area contributed by atoms with Crippen LogP contribution in [-0.2, 0) is 0 Å². The summed E-state index contributed by atoms with van der Waals surface area (Å²) in [6, 6.07) is -0.148. The molecule has 1 atom stereocenters. The Bertz CT molecular complexity index is 704. The second-order valence-corrected chi connectivity index (χ2v) is 5.37. The van der Waals surface area contributed by atoms with Gasteiger partial charge in [0.05, 0.1) is 31.0 Å². The van der Waals surface area contributed by atoms with Crippen LogP contribution in [0.2, 0.25) is 0 Å². The van der Waals surface area contributed by atoms with E-state index < -0.39 is 12.7 Å². The maximum atomic E-state index is 12.2. The number of anilines is 1. The largest absolute Gasteiger partial charge is 0.401 e. The van der Waals surface area contributed by atoms with Gasteiger partial charge in [-0.2, -0.15) is 13.2 Å². The second kappa shape index (κ2) is 5.60. The highest BCUT2D eigenvalue weighted by molar-refractivity contribution is 5.71. The van der Waals surface area contributed by atoms with Gasteiger partial charge in [0.25, 0.3) is 0 Å². The highest BCUT2D eigenvalue weighted by Crippen LogP contribution is 2.28. The number of aromatic nitrogens is 3. The minimum absolute atomic E-state index is 0.148. The molecule has 1 aliphatic rings. The van der Waals surface area contributed by atoms with E-state index in [1.165, 1.54) is 0 Å². The lowest BCUT2D eigenvalue weighted by atomic mass is 9.93. The summed E-state index contributed by atoms with van der Waals surface area (Å²) in [7, 11) is 0. The molecule has 118 valence electrons. The van der Waals surface area contributed by atoms with Crippen molar-refractivity contribution >= 4 is 16.9 Å². The summed E-state index contributed by atoms with van der Waals surface area (Å²) in [4.78, 5) is 8.22. The van der Waals surface area contributed by atoms with Gasteiger partial charge in [-0.1, -0.05) is 6.08 Å². The molecule has 2 heterocycles. The van der Waals surface area contributed by atoms with Gasteiger partial charge in [-0.3, -0.25) is 4.40 Å². The highest BCUT2D eigenvalue weighted by Gasteiger charge is 2.28. The summed E-state index contributed by atoms with van der Waals surface area (Å²) >= 11 is 0. The quantitative estimate of drug-likeness (QED) is 0.913. The van der Waals surface area contributed by atoms with E-state index >= 15 is 0 Å². The zero-order valence-corrected chi connectivity index (χ0v) is 11.8. The molecule has 1 unspecified atom stereocenters. The zero-order valence-electron chi connectivity index (χ0n) is 11.8. The van der Waals surface area contributed by atoms with Gasteiger partial charge in [-0.15, -0.1) is 0 Å². The highest BCUT2D eigenvalue weighted by atomic mass is 19.4. The van der Waals surface area contributed by atoms with Crippen LogP contribution in [0.5, 0.6) is 0 Å². The topological polar surface area (TPSA) is 68.2 Å². The number of fused-ring (bicyclic) bond motifs is 1. The standard InChI is InChI=1S/C14H16F3N5/c15-14(16,17)7-21-10-3-1-9(2-4-10)11-6-20-13(18)12-5-19-8-22(11)12/h1,5-6,8,10,21H,2-4,7H2,(H2,18,20). The van der Waals surface area contributed by atoms with Gasteiger partial charge in [-0.25, -0.2) is 9.97 Å². The fraction of sp³-hybridized carbons (Fsp3) is 0.429. The maximum Gasteiger partial charge on any atom is 0.401 e. The van der Waals surface area contributed by atoms with Crippen molar-refractivity contribution in [2.45, 2.75) is 31.5 Å². The molecule has 0 amide bonds. The van der Waals surface area contributed by atoms with Gasteiger partial charge >= 0.3 is 6.18 Å². The smallest absolute Gasteiger partial charge is 0.382 e. The zero-order chi connectivity index (χ0) is 15.7. The number of nitrogens with zero attached hydrogens (tertiary/aromatic N) is 3. The van der Waals surface area contributed by atoms with Crippen LogP contribution < -0.4 is 11.1 Å². The third-order valence-electron chi connectivity index (χ3n) is 3.82. The molecule has 3 rings (SSSR count). The number of alkyl halides is 3. The summed E-state index contributed by atoms with van der Waals surface area (Å²) < 4.78 is 38.5. The minimum atomic E-state index is -4.17. The van der Waals surface area contributed by atoms with Crippen LogP contribution in [0.4, 0.5) is 19.0 Å². The van der Waals surface area contributed by atoms with Crippen molar-refractivity contribution in [2.75, 3.05) is 12.3 Å². The molecule has 5 nitrogen and oxygen atoms in total. The van der Waals surface area contributed by atoms with Gasteiger partial charge in [0.15, 0.2) is 0 Å². The number of nitrogens with two attached hydrogens (primary N) is 1. The molecule has 0 spiro atoms. The molecule has 3 N–H and O–H groups in total. The van der Waals surface area contributed by atoms with Crippen LogP contribution >= 0.6 is 0 Å². The Kier molecular flexibility index (Phi) is 3.78. The first-order chi connectivity index (χ1) is 10.4. The van der Waals surface area contributed by atoms with Gasteiger partial charge in [0.1, 0.15) is 11.3 Å². The summed E-state index contributed by atoms with van der Waals surface area (Å²) in [5, 5.41) is 2.55. The monoisotopic (exact) mass is 311 g/mol. The first-order valence-corrected chi connectivity index (χ1v) is 7.00. The number of imidazole rings is 1. The van der Waals surface area contributed by atoms with Crippen molar-refractivity contribution in [2.24, 2.45) is 0 Å². The Hall–Kier alpha value is -2.09. The third-order valence-corrected chi connectivity index (χ3v) is 3.82. The molecule has 0 bridgehead atoms. The normalized spacial score (nSPS) is 19.4. The van der Waals surface area contributed by atoms with Crippen molar-refractivity contribution in [3.63, 3.8) is 0 Å². The van der Waals surface area contributed by atoms with Gasteiger partial charge < -0.3 is 11.1 Å². The van der Waals surface area contributed by atoms with Crippen molar-refractivity contribution in [3.05, 3.63) is 30.5 Å². The summed E-state index contributed by atoms with van der Waals surface area (Å²) in [5.41, 5.74) is 8.47. The predicted octanol–water partition coefficient (Wildman–Crippen LogP) is 2.40. The molecule has 0 aromatic carbocycles. The number of hydrogen-bond donors (Lipinski definition) is 2. The predicted molar refractivity (Wildman–Crippen MR) is 77.1 cm³/mol. The second-order valence-electron chi connectivity index (χ2n) is 5.37. The number of nitrogens with one attached hydrogen (secondary N) is 1. The Morgan fingerprint density at radius 3 is 2.86 bits per heavy atom. The number of rotatable bonds is 3. The summed E-state index contributed by atoms with van der Waals surface area (Å²) in [6.45, 7) is -0.948. The van der Waals surface area contributed by atoms with Crippen LogP contribution in [0.25, 0.3) is 11.1 Å². The molecule has 2 aromatic heterocycles. The van der Waals surface area contributed by atoms with Crippen molar-refractivity contribution in [1.82, 2.24) is 19.7 Å².